The van der Waals surface area contributed by atoms with Gasteiger partial charge in [-0.1, -0.05) is 29.8 Å². The van der Waals surface area contributed by atoms with Gasteiger partial charge in [0.25, 0.3) is 5.91 Å². The highest BCUT2D eigenvalue weighted by atomic mass is 35.5. The van der Waals surface area contributed by atoms with Crippen molar-refractivity contribution in [2.45, 2.75) is 19.9 Å². The van der Waals surface area contributed by atoms with Crippen molar-refractivity contribution >= 4 is 34.9 Å². The molecule has 0 saturated heterocycles. The molecule has 0 fully saturated rings. The van der Waals surface area contributed by atoms with Gasteiger partial charge < -0.3 is 15.0 Å². The molecule has 0 bridgehead atoms. The standard InChI is InChI=1S/C20H19ClN2O4/c1-13(24)14-6-7-18-17(10-14)23(20(26)12-27-18)9-8-19(25)22-11-15-4-2-3-5-16(15)21/h2-7,10H,8-9,11-12H2,1H3,(H,22,25). The summed E-state index contributed by atoms with van der Waals surface area (Å²) >= 11 is 6.08. The van der Waals surface area contributed by atoms with Crippen molar-refractivity contribution in [2.24, 2.45) is 0 Å². The van der Waals surface area contributed by atoms with Gasteiger partial charge in [-0.2, -0.15) is 0 Å². The molecule has 27 heavy (non-hydrogen) atoms. The summed E-state index contributed by atoms with van der Waals surface area (Å²) in [5.74, 6) is -0.0232. The summed E-state index contributed by atoms with van der Waals surface area (Å²) in [7, 11) is 0. The maximum atomic E-state index is 12.2. The van der Waals surface area contributed by atoms with Crippen LogP contribution in [0, 0.1) is 0 Å². The largest absolute Gasteiger partial charge is 0.482 e. The number of nitrogens with one attached hydrogen (secondary N) is 1. The molecule has 140 valence electrons. The molecule has 1 N–H and O–H groups in total. The lowest BCUT2D eigenvalue weighted by molar-refractivity contribution is -0.122. The van der Waals surface area contributed by atoms with Crippen LogP contribution in [0.15, 0.2) is 42.5 Å². The van der Waals surface area contributed by atoms with E-state index < -0.39 is 0 Å². The van der Waals surface area contributed by atoms with E-state index in [2.05, 4.69) is 5.32 Å². The van der Waals surface area contributed by atoms with Gasteiger partial charge in [-0.15, -0.1) is 0 Å². The third-order valence-corrected chi connectivity index (χ3v) is 4.67. The molecule has 1 heterocycles. The number of amides is 2. The molecule has 2 aromatic rings. The lowest BCUT2D eigenvalue weighted by atomic mass is 10.1. The van der Waals surface area contributed by atoms with Crippen LogP contribution < -0.4 is 15.0 Å². The fourth-order valence-electron chi connectivity index (χ4n) is 2.80. The first-order valence-corrected chi connectivity index (χ1v) is 8.92. The van der Waals surface area contributed by atoms with Crippen LogP contribution in [-0.4, -0.2) is 30.7 Å². The summed E-state index contributed by atoms with van der Waals surface area (Å²) in [6.45, 7) is 1.89. The summed E-state index contributed by atoms with van der Waals surface area (Å²) in [5.41, 5.74) is 1.82. The third kappa shape index (κ3) is 4.46. The van der Waals surface area contributed by atoms with Crippen LogP contribution in [0.2, 0.25) is 5.02 Å². The number of carbonyl (C=O) groups is 3. The van der Waals surface area contributed by atoms with E-state index in [1.54, 1.807) is 24.3 Å². The fraction of sp³-hybridized carbons (Fsp3) is 0.250. The van der Waals surface area contributed by atoms with Gasteiger partial charge >= 0.3 is 0 Å². The molecule has 3 rings (SSSR count). The van der Waals surface area contributed by atoms with E-state index in [1.807, 2.05) is 18.2 Å². The highest BCUT2D eigenvalue weighted by Gasteiger charge is 2.26. The number of nitrogens with zero attached hydrogens (tertiary/aromatic N) is 1. The summed E-state index contributed by atoms with van der Waals surface area (Å²) in [6.07, 6.45) is 0.125. The Bertz CT molecular complexity index is 897. The SMILES string of the molecule is CC(=O)c1ccc2c(c1)N(CCC(=O)NCc1ccccc1Cl)C(=O)CO2. The molecule has 0 unspecified atom stereocenters. The Morgan fingerprint density at radius 2 is 2.00 bits per heavy atom. The Labute approximate surface area is 162 Å². The maximum Gasteiger partial charge on any atom is 0.265 e. The van der Waals surface area contributed by atoms with E-state index >= 15 is 0 Å². The van der Waals surface area contributed by atoms with Crippen LogP contribution in [0.5, 0.6) is 5.75 Å². The third-order valence-electron chi connectivity index (χ3n) is 4.30. The second-order valence-corrected chi connectivity index (χ2v) is 6.60. The van der Waals surface area contributed by atoms with E-state index in [-0.39, 0.29) is 37.2 Å². The zero-order valence-corrected chi connectivity index (χ0v) is 15.6. The second kappa shape index (κ2) is 8.22. The van der Waals surface area contributed by atoms with Crippen LogP contribution >= 0.6 is 11.6 Å². The lowest BCUT2D eigenvalue weighted by Gasteiger charge is -2.29. The quantitative estimate of drug-likeness (QED) is 0.774. The minimum atomic E-state index is -0.248. The van der Waals surface area contributed by atoms with E-state index in [9.17, 15) is 14.4 Å². The number of hydrogen-bond acceptors (Lipinski definition) is 4. The molecule has 0 aliphatic carbocycles. The molecule has 1 aliphatic rings. The van der Waals surface area contributed by atoms with Crippen molar-refractivity contribution in [1.82, 2.24) is 5.32 Å². The van der Waals surface area contributed by atoms with Crippen molar-refractivity contribution in [3.8, 4) is 5.75 Å². The topological polar surface area (TPSA) is 75.7 Å². The molecule has 0 radical (unpaired) electrons. The number of ether oxygens (including phenoxy) is 1. The van der Waals surface area contributed by atoms with Crippen LogP contribution in [0.3, 0.4) is 0 Å². The van der Waals surface area contributed by atoms with Gasteiger partial charge in [-0.25, -0.2) is 0 Å². The molecular formula is C20H19ClN2O4. The predicted octanol–water partition coefficient (Wildman–Crippen LogP) is 2.97. The van der Waals surface area contributed by atoms with Crippen molar-refractivity contribution in [3.63, 3.8) is 0 Å². The van der Waals surface area contributed by atoms with Crippen LogP contribution in [-0.2, 0) is 16.1 Å². The smallest absolute Gasteiger partial charge is 0.265 e. The number of hydrogen-bond donors (Lipinski definition) is 1. The highest BCUT2D eigenvalue weighted by Crippen LogP contribution is 2.33. The van der Waals surface area contributed by atoms with Crippen LogP contribution in [0.1, 0.15) is 29.3 Å². The number of anilines is 1. The number of halogens is 1. The molecule has 6 nitrogen and oxygen atoms in total. The van der Waals surface area contributed by atoms with Crippen LogP contribution in [0.4, 0.5) is 5.69 Å². The zero-order chi connectivity index (χ0) is 19.4. The second-order valence-electron chi connectivity index (χ2n) is 6.19. The van der Waals surface area contributed by atoms with Gasteiger partial charge in [0.15, 0.2) is 12.4 Å². The van der Waals surface area contributed by atoms with Gasteiger partial charge in [0.1, 0.15) is 5.75 Å². The van der Waals surface area contributed by atoms with Gasteiger partial charge in [-0.05, 0) is 36.8 Å². The van der Waals surface area contributed by atoms with Gasteiger partial charge in [0.05, 0.1) is 5.69 Å². The van der Waals surface area contributed by atoms with E-state index in [0.29, 0.717) is 28.6 Å². The molecule has 7 heteroatoms. The Morgan fingerprint density at radius 3 is 2.74 bits per heavy atom. The fourth-order valence-corrected chi connectivity index (χ4v) is 3.01. The van der Waals surface area contributed by atoms with Gasteiger partial charge in [0.2, 0.25) is 5.91 Å². The summed E-state index contributed by atoms with van der Waals surface area (Å²) < 4.78 is 5.41. The van der Waals surface area contributed by atoms with Crippen LogP contribution in [0.25, 0.3) is 0 Å². The van der Waals surface area contributed by atoms with E-state index in [4.69, 9.17) is 16.3 Å². The van der Waals surface area contributed by atoms with E-state index in [1.165, 1.54) is 11.8 Å². The molecule has 0 saturated carbocycles. The Balaban J connectivity index is 1.64. The highest BCUT2D eigenvalue weighted by molar-refractivity contribution is 6.31. The first kappa shape index (κ1) is 18.9. The normalized spacial score (nSPS) is 13.0. The minimum absolute atomic E-state index is 0.0896. The van der Waals surface area contributed by atoms with Crippen molar-refractivity contribution < 1.29 is 19.1 Å². The van der Waals surface area contributed by atoms with Gasteiger partial charge in [0, 0.05) is 30.1 Å². The van der Waals surface area contributed by atoms with Crippen molar-refractivity contribution in [3.05, 3.63) is 58.6 Å². The maximum absolute atomic E-state index is 12.2. The molecule has 2 amide bonds. The Kier molecular flexibility index (Phi) is 5.76. The monoisotopic (exact) mass is 386 g/mol. The van der Waals surface area contributed by atoms with Gasteiger partial charge in [-0.3, -0.25) is 14.4 Å². The number of Topliss-reactive ketones (excluding diaryl/α,β-unsaturated/α-hetero) is 1. The number of fused-ring (bicyclic) bond motifs is 1. The first-order chi connectivity index (χ1) is 13.0. The molecule has 0 spiro atoms. The molecule has 2 aromatic carbocycles. The molecule has 0 atom stereocenters. The number of carbonyl (C=O) groups excluding carboxylic acids is 3. The summed E-state index contributed by atoms with van der Waals surface area (Å²) in [6, 6.07) is 12.2. The molecule has 1 aliphatic heterocycles. The predicted molar refractivity (Wildman–Crippen MR) is 102 cm³/mol. The number of ketones is 1. The molecular weight excluding hydrogens is 368 g/mol. The minimum Gasteiger partial charge on any atom is -0.482 e. The number of rotatable bonds is 6. The zero-order valence-electron chi connectivity index (χ0n) is 14.8. The van der Waals surface area contributed by atoms with E-state index in [0.717, 1.165) is 5.56 Å². The average Bonchev–Trinajstić information content (AvgIpc) is 2.66. The average molecular weight is 387 g/mol. The Hall–Kier alpha value is -2.86. The molecule has 0 aromatic heterocycles. The van der Waals surface area contributed by atoms with Crippen molar-refractivity contribution in [1.29, 1.82) is 0 Å². The van der Waals surface area contributed by atoms with Crippen molar-refractivity contribution in [2.75, 3.05) is 18.1 Å². The first-order valence-electron chi connectivity index (χ1n) is 8.54. The summed E-state index contributed by atoms with van der Waals surface area (Å²) in [5, 5.41) is 3.39. The number of benzene rings is 2. The summed E-state index contributed by atoms with van der Waals surface area (Å²) in [4.78, 5) is 37.5. The lowest BCUT2D eigenvalue weighted by Crippen LogP contribution is -2.41. The Morgan fingerprint density at radius 1 is 1.22 bits per heavy atom.